The molecule has 1 aliphatic rings. The van der Waals surface area contributed by atoms with E-state index in [0.717, 1.165) is 61.9 Å². The van der Waals surface area contributed by atoms with Crippen LogP contribution in [0.3, 0.4) is 0 Å². The molecule has 6 nitrogen and oxygen atoms in total. The summed E-state index contributed by atoms with van der Waals surface area (Å²) in [7, 11) is 0. The van der Waals surface area contributed by atoms with Gasteiger partial charge in [-0.05, 0) is 55.5 Å². The molecule has 3 aromatic rings. The van der Waals surface area contributed by atoms with Crippen LogP contribution in [0.2, 0.25) is 5.02 Å². The lowest BCUT2D eigenvalue weighted by Gasteiger charge is -2.33. The summed E-state index contributed by atoms with van der Waals surface area (Å²) in [6.45, 7) is 4.06. The fourth-order valence-corrected chi connectivity index (χ4v) is 4.08. The van der Waals surface area contributed by atoms with Crippen LogP contribution in [0.15, 0.2) is 54.6 Å². The zero-order valence-electron chi connectivity index (χ0n) is 18.3. The van der Waals surface area contributed by atoms with Gasteiger partial charge in [-0.3, -0.25) is 0 Å². The largest absolute Gasteiger partial charge is 0.455 e. The molecule has 0 saturated carbocycles. The maximum Gasteiger partial charge on any atom is 0.151 e. The molecule has 0 aliphatic carbocycles. The second-order valence-electron chi connectivity index (χ2n) is 8.10. The second-order valence-corrected chi connectivity index (χ2v) is 8.53. The Hall–Kier alpha value is -2.83. The minimum absolute atomic E-state index is 0.206. The number of piperidine rings is 1. The average Bonchev–Trinajstić information content (AvgIpc) is 2.82. The van der Waals surface area contributed by atoms with Crippen LogP contribution in [0.5, 0.6) is 11.5 Å². The molecule has 1 fully saturated rings. The van der Waals surface area contributed by atoms with Crippen LogP contribution in [0, 0.1) is 5.92 Å². The number of anilines is 3. The van der Waals surface area contributed by atoms with Crippen molar-refractivity contribution < 1.29 is 9.84 Å². The first-order valence-electron chi connectivity index (χ1n) is 11.2. The van der Waals surface area contributed by atoms with Crippen molar-refractivity contribution in [2.24, 2.45) is 5.92 Å². The van der Waals surface area contributed by atoms with E-state index in [1.54, 1.807) is 0 Å². The molecule has 2 aromatic carbocycles. The molecule has 0 bridgehead atoms. The molecular formula is C25H29ClN4O2. The van der Waals surface area contributed by atoms with Gasteiger partial charge in [0.25, 0.3) is 0 Å². The third-order valence-electron chi connectivity index (χ3n) is 5.51. The van der Waals surface area contributed by atoms with E-state index in [2.05, 4.69) is 17.1 Å². The van der Waals surface area contributed by atoms with Crippen molar-refractivity contribution in [1.82, 2.24) is 9.97 Å². The quantitative estimate of drug-likeness (QED) is 0.448. The third-order valence-corrected chi connectivity index (χ3v) is 5.74. The molecule has 7 heteroatoms. The number of aryl methyl sites for hydroxylation is 1. The van der Waals surface area contributed by atoms with Crippen molar-refractivity contribution in [2.75, 3.05) is 29.9 Å². The van der Waals surface area contributed by atoms with Crippen LogP contribution in [0.25, 0.3) is 0 Å². The Bertz CT molecular complexity index is 1030. The van der Waals surface area contributed by atoms with Crippen LogP contribution < -0.4 is 15.0 Å². The number of hydrogen-bond donors (Lipinski definition) is 2. The van der Waals surface area contributed by atoms with Gasteiger partial charge in [-0.1, -0.05) is 36.7 Å². The number of hydrogen-bond acceptors (Lipinski definition) is 6. The van der Waals surface area contributed by atoms with E-state index in [9.17, 15) is 5.11 Å². The van der Waals surface area contributed by atoms with Crippen molar-refractivity contribution in [2.45, 2.75) is 32.6 Å². The Labute approximate surface area is 194 Å². The normalized spacial score (nSPS) is 16.1. The van der Waals surface area contributed by atoms with E-state index in [4.69, 9.17) is 26.3 Å². The molecule has 1 aromatic heterocycles. The highest BCUT2D eigenvalue weighted by Gasteiger charge is 2.21. The van der Waals surface area contributed by atoms with Gasteiger partial charge in [0.15, 0.2) is 5.75 Å². The lowest BCUT2D eigenvalue weighted by molar-refractivity contribution is 0.208. The lowest BCUT2D eigenvalue weighted by Crippen LogP contribution is -2.37. The molecule has 4 rings (SSSR count). The second kappa shape index (κ2) is 10.7. The van der Waals surface area contributed by atoms with E-state index in [1.807, 2.05) is 54.6 Å². The minimum Gasteiger partial charge on any atom is -0.455 e. The molecule has 1 aliphatic heterocycles. The molecule has 1 atom stereocenters. The fourth-order valence-electron chi connectivity index (χ4n) is 3.91. The molecule has 0 amide bonds. The average molecular weight is 453 g/mol. The topological polar surface area (TPSA) is 70.5 Å². The van der Waals surface area contributed by atoms with E-state index in [-0.39, 0.29) is 12.5 Å². The van der Waals surface area contributed by atoms with Crippen molar-refractivity contribution >= 4 is 28.9 Å². The summed E-state index contributed by atoms with van der Waals surface area (Å²) < 4.78 is 6.09. The Kier molecular flexibility index (Phi) is 7.45. The Morgan fingerprint density at radius 1 is 1.16 bits per heavy atom. The summed E-state index contributed by atoms with van der Waals surface area (Å²) in [4.78, 5) is 11.8. The zero-order valence-corrected chi connectivity index (χ0v) is 19.1. The molecule has 32 heavy (non-hydrogen) atoms. The first-order chi connectivity index (χ1) is 15.6. The third kappa shape index (κ3) is 5.69. The molecule has 1 saturated heterocycles. The first-order valence-corrected chi connectivity index (χ1v) is 11.6. The number of para-hydroxylation sites is 1. The maximum absolute atomic E-state index is 9.62. The number of nitrogens with one attached hydrogen (secondary N) is 1. The van der Waals surface area contributed by atoms with E-state index in [1.165, 1.54) is 0 Å². The zero-order chi connectivity index (χ0) is 22.3. The minimum atomic E-state index is 0.206. The van der Waals surface area contributed by atoms with Crippen LogP contribution in [-0.2, 0) is 6.42 Å². The summed E-state index contributed by atoms with van der Waals surface area (Å²) in [6.07, 6.45) is 3.85. The fraction of sp³-hybridized carbons (Fsp3) is 0.360. The first kappa shape index (κ1) is 22.4. The highest BCUT2D eigenvalue weighted by molar-refractivity contribution is 6.31. The van der Waals surface area contributed by atoms with Gasteiger partial charge >= 0.3 is 0 Å². The molecule has 2 N–H and O–H groups in total. The highest BCUT2D eigenvalue weighted by atomic mass is 35.5. The summed E-state index contributed by atoms with van der Waals surface area (Å²) in [5.41, 5.74) is 0.736. The predicted octanol–water partition coefficient (Wildman–Crippen LogP) is 5.83. The van der Waals surface area contributed by atoms with Crippen molar-refractivity contribution in [3.63, 3.8) is 0 Å². The summed E-state index contributed by atoms with van der Waals surface area (Å²) in [5.74, 6) is 4.07. The van der Waals surface area contributed by atoms with Crippen LogP contribution in [-0.4, -0.2) is 34.8 Å². The number of halogens is 1. The Morgan fingerprint density at radius 3 is 2.78 bits per heavy atom. The number of nitrogens with zero attached hydrogens (tertiary/aromatic N) is 3. The summed E-state index contributed by atoms with van der Waals surface area (Å²) in [5, 5.41) is 13.6. The molecule has 2 heterocycles. The smallest absolute Gasteiger partial charge is 0.151 e. The SMILES string of the molecule is CCCc1nc(Nc2cc(Cl)ccc2Oc2ccccc2)cc(N2CCCC(CO)C2)n1. The molecule has 0 spiro atoms. The molecule has 168 valence electrons. The van der Waals surface area contributed by atoms with Crippen LogP contribution >= 0.6 is 11.6 Å². The van der Waals surface area contributed by atoms with Gasteiger partial charge in [-0.2, -0.15) is 0 Å². The number of aromatic nitrogens is 2. The van der Waals surface area contributed by atoms with Crippen molar-refractivity contribution in [3.05, 3.63) is 65.4 Å². The van der Waals surface area contributed by atoms with Gasteiger partial charge < -0.3 is 20.1 Å². The van der Waals surface area contributed by atoms with Crippen molar-refractivity contribution in [1.29, 1.82) is 0 Å². The monoisotopic (exact) mass is 452 g/mol. The molecular weight excluding hydrogens is 424 g/mol. The number of ether oxygens (including phenoxy) is 1. The van der Waals surface area contributed by atoms with Crippen LogP contribution in [0.1, 0.15) is 32.0 Å². The number of rotatable bonds is 8. The van der Waals surface area contributed by atoms with E-state index < -0.39 is 0 Å². The molecule has 1 unspecified atom stereocenters. The highest BCUT2D eigenvalue weighted by Crippen LogP contribution is 2.34. The lowest BCUT2D eigenvalue weighted by atomic mass is 9.99. The summed E-state index contributed by atoms with van der Waals surface area (Å²) in [6, 6.07) is 17.1. The van der Waals surface area contributed by atoms with Gasteiger partial charge in [0.2, 0.25) is 0 Å². The Morgan fingerprint density at radius 2 is 2.00 bits per heavy atom. The summed E-state index contributed by atoms with van der Waals surface area (Å²) >= 11 is 6.29. The molecule has 0 radical (unpaired) electrons. The Balaban J connectivity index is 1.63. The predicted molar refractivity (Wildman–Crippen MR) is 129 cm³/mol. The number of aliphatic hydroxyl groups is 1. The van der Waals surface area contributed by atoms with Gasteiger partial charge in [-0.25, -0.2) is 9.97 Å². The van der Waals surface area contributed by atoms with E-state index in [0.29, 0.717) is 16.6 Å². The van der Waals surface area contributed by atoms with Gasteiger partial charge in [-0.15, -0.1) is 0 Å². The number of aliphatic hydroxyl groups excluding tert-OH is 1. The van der Waals surface area contributed by atoms with Crippen molar-refractivity contribution in [3.8, 4) is 11.5 Å². The van der Waals surface area contributed by atoms with Gasteiger partial charge in [0.1, 0.15) is 23.2 Å². The standard InChI is InChI=1S/C25H29ClN4O2/c1-2-7-23-28-24(15-25(29-23)30-13-6-8-18(16-30)17-31)27-21-14-19(26)11-12-22(21)32-20-9-4-3-5-10-20/h3-5,9-12,14-15,18,31H,2,6-8,13,16-17H2,1H3,(H,27,28,29). The maximum atomic E-state index is 9.62. The van der Waals surface area contributed by atoms with Crippen LogP contribution in [0.4, 0.5) is 17.3 Å². The van der Waals surface area contributed by atoms with E-state index >= 15 is 0 Å². The van der Waals surface area contributed by atoms with Gasteiger partial charge in [0.05, 0.1) is 5.69 Å². The number of benzene rings is 2. The van der Waals surface area contributed by atoms with Gasteiger partial charge in [0, 0.05) is 37.2 Å².